The smallest absolute Gasteiger partial charge is 0.142 e. The van der Waals surface area contributed by atoms with E-state index in [-0.39, 0.29) is 0 Å². The normalized spacial score (nSPS) is 9.83. The van der Waals surface area contributed by atoms with Crippen LogP contribution in [0.25, 0.3) is 0 Å². The van der Waals surface area contributed by atoms with Crippen molar-refractivity contribution in [3.8, 4) is 5.75 Å². The number of nitrogen functional groups attached to an aromatic ring is 1. The van der Waals surface area contributed by atoms with E-state index in [1.54, 1.807) is 0 Å². The number of hydrogen-bond acceptors (Lipinski definition) is 2. The summed E-state index contributed by atoms with van der Waals surface area (Å²) in [7, 11) is 0. The summed E-state index contributed by atoms with van der Waals surface area (Å²) < 4.78 is 5.35. The molecule has 66 valence electrons. The van der Waals surface area contributed by atoms with Crippen molar-refractivity contribution in [2.24, 2.45) is 0 Å². The highest BCUT2D eigenvalue weighted by Gasteiger charge is 2.02. The molecule has 0 unspecified atom stereocenters. The van der Waals surface area contributed by atoms with Crippen LogP contribution < -0.4 is 10.5 Å². The Balaban J connectivity index is 2.97. The molecule has 0 fully saturated rings. The first-order valence-electron chi connectivity index (χ1n) is 4.29. The lowest BCUT2D eigenvalue weighted by atomic mass is 10.1. The molecule has 0 radical (unpaired) electrons. The zero-order chi connectivity index (χ0) is 8.97. The lowest BCUT2D eigenvalue weighted by Crippen LogP contribution is -1.99. The maximum Gasteiger partial charge on any atom is 0.142 e. The van der Waals surface area contributed by atoms with E-state index in [4.69, 9.17) is 10.5 Å². The molecule has 2 heteroatoms. The predicted molar refractivity (Wildman–Crippen MR) is 51.4 cm³/mol. The third kappa shape index (κ3) is 1.70. The Labute approximate surface area is 73.3 Å². The van der Waals surface area contributed by atoms with E-state index >= 15 is 0 Å². The summed E-state index contributed by atoms with van der Waals surface area (Å²) in [5, 5.41) is 0. The van der Waals surface area contributed by atoms with Gasteiger partial charge in [-0.1, -0.05) is 19.1 Å². The average molecular weight is 165 g/mol. The maximum atomic E-state index is 5.85. The first kappa shape index (κ1) is 8.91. The van der Waals surface area contributed by atoms with Crippen LogP contribution in [0.2, 0.25) is 0 Å². The van der Waals surface area contributed by atoms with Crippen LogP contribution in [-0.2, 0) is 6.42 Å². The topological polar surface area (TPSA) is 35.2 Å². The lowest BCUT2D eigenvalue weighted by Gasteiger charge is -2.09. The summed E-state index contributed by atoms with van der Waals surface area (Å²) in [6, 6.07) is 5.90. The van der Waals surface area contributed by atoms with Crippen molar-refractivity contribution < 1.29 is 4.74 Å². The molecule has 0 heterocycles. The van der Waals surface area contributed by atoms with Gasteiger partial charge in [0.15, 0.2) is 0 Å². The van der Waals surface area contributed by atoms with Crippen LogP contribution in [0.1, 0.15) is 19.4 Å². The van der Waals surface area contributed by atoms with E-state index in [2.05, 4.69) is 6.92 Å². The molecule has 0 aliphatic carbocycles. The van der Waals surface area contributed by atoms with Gasteiger partial charge in [0, 0.05) is 0 Å². The second-order valence-electron chi connectivity index (χ2n) is 2.62. The molecule has 1 aromatic carbocycles. The highest BCUT2D eigenvalue weighted by molar-refractivity contribution is 5.58. The van der Waals surface area contributed by atoms with Crippen LogP contribution in [0, 0.1) is 0 Å². The van der Waals surface area contributed by atoms with Crippen molar-refractivity contribution in [2.75, 3.05) is 12.3 Å². The van der Waals surface area contributed by atoms with Gasteiger partial charge in [-0.2, -0.15) is 0 Å². The van der Waals surface area contributed by atoms with Gasteiger partial charge >= 0.3 is 0 Å². The molecule has 2 nitrogen and oxygen atoms in total. The molecule has 0 spiro atoms. The fourth-order valence-electron chi connectivity index (χ4n) is 1.18. The number of aryl methyl sites for hydroxylation is 1. The number of benzene rings is 1. The molecule has 0 amide bonds. The van der Waals surface area contributed by atoms with Crippen molar-refractivity contribution in [2.45, 2.75) is 20.3 Å². The van der Waals surface area contributed by atoms with Crippen LogP contribution in [0.5, 0.6) is 5.75 Å². The SMILES string of the molecule is CCOc1cccc(CC)c1N. The van der Waals surface area contributed by atoms with Crippen molar-refractivity contribution in [3.63, 3.8) is 0 Å². The molecular formula is C10H15NO. The Hall–Kier alpha value is -1.18. The van der Waals surface area contributed by atoms with E-state index in [0.717, 1.165) is 23.4 Å². The minimum Gasteiger partial charge on any atom is -0.492 e. The molecule has 0 aliphatic heterocycles. The molecule has 0 aliphatic rings. The highest BCUT2D eigenvalue weighted by Crippen LogP contribution is 2.25. The van der Waals surface area contributed by atoms with Gasteiger partial charge in [-0.15, -0.1) is 0 Å². The van der Waals surface area contributed by atoms with Gasteiger partial charge in [0.2, 0.25) is 0 Å². The number of nitrogens with two attached hydrogens (primary N) is 1. The van der Waals surface area contributed by atoms with Gasteiger partial charge < -0.3 is 10.5 Å². The van der Waals surface area contributed by atoms with Crippen LogP contribution in [-0.4, -0.2) is 6.61 Å². The zero-order valence-corrected chi connectivity index (χ0v) is 7.63. The largest absolute Gasteiger partial charge is 0.492 e. The fraction of sp³-hybridized carbons (Fsp3) is 0.400. The van der Waals surface area contributed by atoms with Gasteiger partial charge in [-0.3, -0.25) is 0 Å². The molecule has 0 saturated heterocycles. The van der Waals surface area contributed by atoms with E-state index in [0.29, 0.717) is 6.61 Å². The van der Waals surface area contributed by atoms with Crippen molar-refractivity contribution >= 4 is 5.69 Å². The van der Waals surface area contributed by atoms with Crippen LogP contribution >= 0.6 is 0 Å². The second-order valence-corrected chi connectivity index (χ2v) is 2.62. The number of rotatable bonds is 3. The Kier molecular flexibility index (Phi) is 2.97. The summed E-state index contributed by atoms with van der Waals surface area (Å²) in [5.41, 5.74) is 7.79. The quantitative estimate of drug-likeness (QED) is 0.697. The summed E-state index contributed by atoms with van der Waals surface area (Å²) in [6.07, 6.45) is 0.951. The van der Waals surface area contributed by atoms with Crippen molar-refractivity contribution in [1.29, 1.82) is 0 Å². The number of anilines is 1. The van der Waals surface area contributed by atoms with E-state index in [1.165, 1.54) is 0 Å². The monoisotopic (exact) mass is 165 g/mol. The third-order valence-corrected chi connectivity index (χ3v) is 1.84. The minimum atomic E-state index is 0.664. The fourth-order valence-corrected chi connectivity index (χ4v) is 1.18. The lowest BCUT2D eigenvalue weighted by molar-refractivity contribution is 0.342. The number of ether oxygens (including phenoxy) is 1. The van der Waals surface area contributed by atoms with Crippen LogP contribution in [0.15, 0.2) is 18.2 Å². The van der Waals surface area contributed by atoms with E-state index < -0.39 is 0 Å². The number of hydrogen-bond donors (Lipinski definition) is 1. The Morgan fingerprint density at radius 1 is 1.33 bits per heavy atom. The summed E-state index contributed by atoms with van der Waals surface area (Å²) in [6.45, 7) is 4.71. The summed E-state index contributed by atoms with van der Waals surface area (Å²) >= 11 is 0. The molecule has 1 rings (SSSR count). The Morgan fingerprint density at radius 3 is 2.67 bits per heavy atom. The van der Waals surface area contributed by atoms with Gasteiger partial charge in [-0.25, -0.2) is 0 Å². The standard InChI is InChI=1S/C10H15NO/c1-3-8-6-5-7-9(10(8)11)12-4-2/h5-7H,3-4,11H2,1-2H3. The molecule has 0 aromatic heterocycles. The summed E-state index contributed by atoms with van der Waals surface area (Å²) in [5.74, 6) is 0.803. The van der Waals surface area contributed by atoms with Crippen molar-refractivity contribution in [3.05, 3.63) is 23.8 Å². The molecule has 0 atom stereocenters. The van der Waals surface area contributed by atoms with E-state index in [9.17, 15) is 0 Å². The highest BCUT2D eigenvalue weighted by atomic mass is 16.5. The molecule has 1 aromatic rings. The second kappa shape index (κ2) is 4.00. The Bertz CT molecular complexity index is 258. The number of para-hydroxylation sites is 1. The third-order valence-electron chi connectivity index (χ3n) is 1.84. The van der Waals surface area contributed by atoms with Gasteiger partial charge in [0.05, 0.1) is 12.3 Å². The van der Waals surface area contributed by atoms with Gasteiger partial charge in [0.25, 0.3) is 0 Å². The Morgan fingerprint density at radius 2 is 2.08 bits per heavy atom. The average Bonchev–Trinajstić information content (AvgIpc) is 2.09. The van der Waals surface area contributed by atoms with Crippen LogP contribution in [0.4, 0.5) is 5.69 Å². The van der Waals surface area contributed by atoms with Crippen molar-refractivity contribution in [1.82, 2.24) is 0 Å². The first-order valence-corrected chi connectivity index (χ1v) is 4.29. The molecule has 0 bridgehead atoms. The first-order chi connectivity index (χ1) is 5.79. The molecular weight excluding hydrogens is 150 g/mol. The maximum absolute atomic E-state index is 5.85. The van der Waals surface area contributed by atoms with Gasteiger partial charge in [-0.05, 0) is 25.0 Å². The zero-order valence-electron chi connectivity index (χ0n) is 7.63. The van der Waals surface area contributed by atoms with E-state index in [1.807, 2.05) is 25.1 Å². The predicted octanol–water partition coefficient (Wildman–Crippen LogP) is 2.23. The molecule has 2 N–H and O–H groups in total. The minimum absolute atomic E-state index is 0.664. The van der Waals surface area contributed by atoms with Gasteiger partial charge in [0.1, 0.15) is 5.75 Å². The van der Waals surface area contributed by atoms with Crippen LogP contribution in [0.3, 0.4) is 0 Å². The molecule has 12 heavy (non-hydrogen) atoms. The molecule has 0 saturated carbocycles. The summed E-state index contributed by atoms with van der Waals surface area (Å²) in [4.78, 5) is 0.